The Morgan fingerprint density at radius 3 is 2.42 bits per heavy atom. The summed E-state index contributed by atoms with van der Waals surface area (Å²) in [6.07, 6.45) is -0.602. The summed E-state index contributed by atoms with van der Waals surface area (Å²) in [6.45, 7) is 5.72. The molecule has 0 aliphatic carbocycles. The Morgan fingerprint density at radius 2 is 2.00 bits per heavy atom. The highest BCUT2D eigenvalue weighted by atomic mass is 127. The predicted molar refractivity (Wildman–Crippen MR) is 79.6 cm³/mol. The van der Waals surface area contributed by atoms with Gasteiger partial charge in [-0.25, -0.2) is 4.79 Å². The van der Waals surface area contributed by atoms with Crippen LogP contribution in [-0.2, 0) is 5.41 Å². The molecule has 104 valence electrons. The SMILES string of the molecule is CNC(=O)Oc1ccc([N+](=O)[O-])c(I)c1C(C)(C)C. The molecular weight excluding hydrogens is 363 g/mol. The van der Waals surface area contributed by atoms with E-state index in [9.17, 15) is 14.9 Å². The summed E-state index contributed by atoms with van der Waals surface area (Å²) in [5.74, 6) is 0.335. The van der Waals surface area contributed by atoms with Crippen LogP contribution in [0.15, 0.2) is 12.1 Å². The number of nitro benzene ring substituents is 1. The fourth-order valence-electron chi connectivity index (χ4n) is 1.62. The van der Waals surface area contributed by atoms with E-state index >= 15 is 0 Å². The summed E-state index contributed by atoms with van der Waals surface area (Å²) in [5.41, 5.74) is 0.270. The largest absolute Gasteiger partial charge is 0.412 e. The minimum atomic E-state index is -0.602. The Kier molecular flexibility index (Phi) is 4.72. The molecule has 1 rings (SSSR count). The maximum Gasteiger partial charge on any atom is 0.412 e. The standard InChI is InChI=1S/C12H15IN2O4/c1-12(2,3)9-8(19-11(16)14-4)6-5-7(10(9)13)15(17)18/h5-6H,1-4H3,(H,14,16). The molecule has 0 aliphatic heterocycles. The molecule has 0 spiro atoms. The summed E-state index contributed by atoms with van der Waals surface area (Å²) in [7, 11) is 1.45. The summed E-state index contributed by atoms with van der Waals surface area (Å²) < 4.78 is 5.64. The van der Waals surface area contributed by atoms with Crippen molar-refractivity contribution >= 4 is 34.4 Å². The van der Waals surface area contributed by atoms with Crippen LogP contribution < -0.4 is 10.1 Å². The molecule has 6 nitrogen and oxygen atoms in total. The van der Waals surface area contributed by atoms with Crippen molar-refractivity contribution in [2.75, 3.05) is 7.05 Å². The molecule has 7 heteroatoms. The van der Waals surface area contributed by atoms with Crippen molar-refractivity contribution in [2.24, 2.45) is 0 Å². The lowest BCUT2D eigenvalue weighted by molar-refractivity contribution is -0.385. The topological polar surface area (TPSA) is 81.5 Å². The van der Waals surface area contributed by atoms with Gasteiger partial charge in [-0.3, -0.25) is 10.1 Å². The number of carbonyl (C=O) groups excluding carboxylic acids is 1. The van der Waals surface area contributed by atoms with Crippen molar-refractivity contribution in [3.05, 3.63) is 31.4 Å². The number of carbonyl (C=O) groups is 1. The summed E-state index contributed by atoms with van der Waals surface area (Å²) in [6, 6.07) is 2.80. The molecule has 0 aromatic heterocycles. The van der Waals surface area contributed by atoms with Crippen LogP contribution >= 0.6 is 22.6 Å². The van der Waals surface area contributed by atoms with Crippen LogP contribution in [0.1, 0.15) is 26.3 Å². The molecule has 0 unspecified atom stereocenters. The van der Waals surface area contributed by atoms with E-state index in [1.54, 1.807) is 0 Å². The first kappa shape index (κ1) is 15.7. The highest BCUT2D eigenvalue weighted by Gasteiger charge is 2.28. The average molecular weight is 378 g/mol. The zero-order valence-corrected chi connectivity index (χ0v) is 13.3. The number of nitrogens with one attached hydrogen (secondary N) is 1. The van der Waals surface area contributed by atoms with E-state index in [1.165, 1.54) is 19.2 Å². The first-order chi connectivity index (χ1) is 8.68. The maximum atomic E-state index is 11.3. The van der Waals surface area contributed by atoms with Crippen molar-refractivity contribution < 1.29 is 14.5 Å². The van der Waals surface area contributed by atoms with Gasteiger partial charge in [-0.2, -0.15) is 0 Å². The Balaban J connectivity index is 3.45. The normalized spacial score (nSPS) is 11.0. The van der Waals surface area contributed by atoms with E-state index in [0.717, 1.165) is 0 Å². The third-order valence-electron chi connectivity index (χ3n) is 2.44. The van der Waals surface area contributed by atoms with Gasteiger partial charge >= 0.3 is 6.09 Å². The average Bonchev–Trinajstić information content (AvgIpc) is 2.26. The number of hydrogen-bond donors (Lipinski definition) is 1. The molecule has 1 aromatic rings. The van der Waals surface area contributed by atoms with Crippen molar-refractivity contribution in [3.63, 3.8) is 0 Å². The number of halogens is 1. The second kappa shape index (κ2) is 5.72. The molecule has 0 radical (unpaired) electrons. The third-order valence-corrected chi connectivity index (χ3v) is 3.53. The van der Waals surface area contributed by atoms with Crippen molar-refractivity contribution in [1.29, 1.82) is 0 Å². The van der Waals surface area contributed by atoms with Gasteiger partial charge in [0, 0.05) is 18.7 Å². The lowest BCUT2D eigenvalue weighted by Crippen LogP contribution is -2.25. The van der Waals surface area contributed by atoms with E-state index in [2.05, 4.69) is 5.32 Å². The smallest absolute Gasteiger partial charge is 0.410 e. The van der Waals surface area contributed by atoms with Crippen molar-refractivity contribution in [2.45, 2.75) is 26.2 Å². The molecule has 0 saturated carbocycles. The number of nitro groups is 1. The summed E-state index contributed by atoms with van der Waals surface area (Å²) in [4.78, 5) is 21.8. The highest BCUT2D eigenvalue weighted by molar-refractivity contribution is 14.1. The van der Waals surface area contributed by atoms with E-state index in [1.807, 2.05) is 43.4 Å². The zero-order chi connectivity index (χ0) is 14.8. The van der Waals surface area contributed by atoms with Crippen molar-refractivity contribution in [1.82, 2.24) is 5.32 Å². The third kappa shape index (κ3) is 3.55. The van der Waals surface area contributed by atoms with Crippen molar-refractivity contribution in [3.8, 4) is 5.75 Å². The fourth-order valence-corrected chi connectivity index (χ4v) is 3.07. The zero-order valence-electron chi connectivity index (χ0n) is 11.1. The molecule has 0 atom stereocenters. The van der Waals surface area contributed by atoms with Crippen LogP contribution in [0, 0.1) is 13.7 Å². The van der Waals surface area contributed by atoms with Crippen LogP contribution in [0.3, 0.4) is 0 Å². The van der Waals surface area contributed by atoms with Gasteiger partial charge in [-0.05, 0) is 34.1 Å². The first-order valence-electron chi connectivity index (χ1n) is 5.55. The number of nitrogens with zero attached hydrogens (tertiary/aromatic N) is 1. The van der Waals surface area contributed by atoms with E-state index < -0.39 is 11.0 Å². The van der Waals surface area contributed by atoms with Gasteiger partial charge in [0.1, 0.15) is 5.75 Å². The first-order valence-corrected chi connectivity index (χ1v) is 6.63. The highest BCUT2D eigenvalue weighted by Crippen LogP contribution is 2.39. The number of benzene rings is 1. The van der Waals surface area contributed by atoms with Gasteiger partial charge in [0.2, 0.25) is 0 Å². The molecule has 19 heavy (non-hydrogen) atoms. The quantitative estimate of drug-likeness (QED) is 0.487. The van der Waals surface area contributed by atoms with Crippen LogP contribution in [0.25, 0.3) is 0 Å². The Labute approximate surface area is 124 Å². The molecule has 1 aromatic carbocycles. The van der Waals surface area contributed by atoms with Crippen LogP contribution in [0.5, 0.6) is 5.75 Å². The van der Waals surface area contributed by atoms with Crippen LogP contribution in [-0.4, -0.2) is 18.1 Å². The van der Waals surface area contributed by atoms with Gasteiger partial charge in [-0.15, -0.1) is 0 Å². The number of rotatable bonds is 2. The van der Waals surface area contributed by atoms with E-state index in [-0.39, 0.29) is 11.1 Å². The van der Waals surface area contributed by atoms with E-state index in [0.29, 0.717) is 14.9 Å². The molecule has 0 bridgehead atoms. The minimum absolute atomic E-state index is 0.00906. The molecule has 0 fully saturated rings. The Hall–Kier alpha value is -1.38. The van der Waals surface area contributed by atoms with E-state index in [4.69, 9.17) is 4.74 Å². The molecule has 0 saturated heterocycles. The number of amides is 1. The molecule has 0 aliphatic rings. The summed E-state index contributed by atoms with van der Waals surface area (Å²) in [5, 5.41) is 13.3. The van der Waals surface area contributed by atoms with Gasteiger partial charge < -0.3 is 10.1 Å². The van der Waals surface area contributed by atoms with Gasteiger partial charge in [-0.1, -0.05) is 20.8 Å². The fraction of sp³-hybridized carbons (Fsp3) is 0.417. The second-order valence-corrected chi connectivity index (χ2v) is 6.00. The van der Waals surface area contributed by atoms with Gasteiger partial charge in [0.15, 0.2) is 0 Å². The number of ether oxygens (including phenoxy) is 1. The monoisotopic (exact) mass is 378 g/mol. The second-order valence-electron chi connectivity index (χ2n) is 4.92. The van der Waals surface area contributed by atoms with Crippen LogP contribution in [0.4, 0.5) is 10.5 Å². The van der Waals surface area contributed by atoms with Gasteiger partial charge in [0.05, 0.1) is 8.49 Å². The maximum absolute atomic E-state index is 11.3. The molecular formula is C12H15IN2O4. The minimum Gasteiger partial charge on any atom is -0.410 e. The lowest BCUT2D eigenvalue weighted by atomic mass is 9.86. The molecule has 1 amide bonds. The number of hydrogen-bond acceptors (Lipinski definition) is 4. The predicted octanol–water partition coefficient (Wildman–Crippen LogP) is 3.22. The summed E-state index contributed by atoms with van der Waals surface area (Å²) >= 11 is 1.91. The lowest BCUT2D eigenvalue weighted by Gasteiger charge is -2.23. The van der Waals surface area contributed by atoms with Crippen LogP contribution in [0.2, 0.25) is 0 Å². The van der Waals surface area contributed by atoms with Gasteiger partial charge in [0.25, 0.3) is 5.69 Å². The Morgan fingerprint density at radius 1 is 1.42 bits per heavy atom. The molecule has 1 N–H and O–H groups in total. The Bertz CT molecular complexity index is 523. The molecule has 0 heterocycles.